The molecule has 0 saturated carbocycles. The quantitative estimate of drug-likeness (QED) is 0.834. The molecule has 140 valence electrons. The van der Waals surface area contributed by atoms with Crippen molar-refractivity contribution in [1.29, 1.82) is 0 Å². The van der Waals surface area contributed by atoms with Crippen LogP contribution in [0.5, 0.6) is 0 Å². The second-order valence-electron chi connectivity index (χ2n) is 6.90. The van der Waals surface area contributed by atoms with Gasteiger partial charge in [0.25, 0.3) is 0 Å². The Balaban J connectivity index is 1.45. The highest BCUT2D eigenvalue weighted by molar-refractivity contribution is 5.88. The average Bonchev–Trinajstić information content (AvgIpc) is 2.97. The summed E-state index contributed by atoms with van der Waals surface area (Å²) in [6.45, 7) is 7.71. The zero-order valence-corrected chi connectivity index (χ0v) is 15.6. The maximum absolute atomic E-state index is 12.3. The number of nitrogens with zero attached hydrogens (tertiary/aromatic N) is 4. The van der Waals surface area contributed by atoms with E-state index in [1.54, 1.807) is 6.20 Å². The van der Waals surface area contributed by atoms with E-state index < -0.39 is 0 Å². The van der Waals surface area contributed by atoms with E-state index in [0.29, 0.717) is 0 Å². The third-order valence-corrected chi connectivity index (χ3v) is 4.63. The molecule has 0 unspecified atom stereocenters. The van der Waals surface area contributed by atoms with Crippen molar-refractivity contribution in [2.45, 2.75) is 52.2 Å². The first-order chi connectivity index (χ1) is 12.6. The number of nitrogens with one attached hydrogen (secondary N) is 2. The lowest BCUT2D eigenvalue weighted by atomic mass is 10.0. The number of likely N-dealkylation sites (tertiary alicyclic amines) is 1. The first-order valence-corrected chi connectivity index (χ1v) is 9.37. The van der Waals surface area contributed by atoms with Gasteiger partial charge in [-0.25, -0.2) is 9.48 Å². The molecule has 0 spiro atoms. The second kappa shape index (κ2) is 8.80. The Kier molecular flexibility index (Phi) is 6.22. The molecule has 1 aliphatic heterocycles. The molecule has 0 radical (unpaired) electrons. The molecule has 7 nitrogen and oxygen atoms in total. The maximum Gasteiger partial charge on any atom is 0.320 e. The molecule has 0 atom stereocenters. The van der Waals surface area contributed by atoms with Crippen LogP contribution < -0.4 is 10.6 Å². The summed E-state index contributed by atoms with van der Waals surface area (Å²) in [6, 6.07) is 6.05. The van der Waals surface area contributed by atoms with Crippen LogP contribution in [0.15, 0.2) is 30.6 Å². The number of rotatable bonds is 6. The summed E-state index contributed by atoms with van der Waals surface area (Å²) < 4.78 is 1.85. The molecule has 1 saturated heterocycles. The predicted octanol–water partition coefficient (Wildman–Crippen LogP) is 2.78. The van der Waals surface area contributed by atoms with E-state index in [9.17, 15) is 4.79 Å². The number of carbonyl (C=O) groups is 1. The highest BCUT2D eigenvalue weighted by atomic mass is 16.2. The fourth-order valence-electron chi connectivity index (χ4n) is 3.35. The lowest BCUT2D eigenvalue weighted by molar-refractivity contribution is 0.189. The Bertz CT molecular complexity index is 706. The summed E-state index contributed by atoms with van der Waals surface area (Å²) in [7, 11) is 0. The van der Waals surface area contributed by atoms with Crippen LogP contribution in [0.4, 0.5) is 10.6 Å². The average molecular weight is 356 g/mol. The second-order valence-corrected chi connectivity index (χ2v) is 6.90. The van der Waals surface area contributed by atoms with Gasteiger partial charge in [-0.1, -0.05) is 13.0 Å². The molecule has 2 aromatic heterocycles. The van der Waals surface area contributed by atoms with Gasteiger partial charge in [-0.2, -0.15) is 5.10 Å². The number of anilines is 1. The first-order valence-electron chi connectivity index (χ1n) is 9.37. The topological polar surface area (TPSA) is 75.1 Å². The molecule has 26 heavy (non-hydrogen) atoms. The fraction of sp³-hybridized carbons (Fsp3) is 0.526. The van der Waals surface area contributed by atoms with Gasteiger partial charge in [0, 0.05) is 50.7 Å². The third kappa shape index (κ3) is 5.05. The van der Waals surface area contributed by atoms with E-state index in [1.807, 2.05) is 29.9 Å². The number of hydrogen-bond donors (Lipinski definition) is 2. The summed E-state index contributed by atoms with van der Waals surface area (Å²) in [5, 5.41) is 10.5. The van der Waals surface area contributed by atoms with E-state index in [4.69, 9.17) is 0 Å². The smallest absolute Gasteiger partial charge is 0.320 e. The standard InChI is InChI=1S/C19H28N6O/c1-3-9-25-18(12-15(2)23-25)22-19(26)21-17-6-10-24(11-7-17)14-16-5-4-8-20-13-16/h4-5,8,12-13,17H,3,6-7,9-11,14H2,1-2H3,(H2,21,22,26). The number of amides is 2. The van der Waals surface area contributed by atoms with Crippen molar-refractivity contribution in [3.63, 3.8) is 0 Å². The normalized spacial score (nSPS) is 15.8. The Hall–Kier alpha value is -2.41. The first kappa shape index (κ1) is 18.4. The zero-order valence-electron chi connectivity index (χ0n) is 15.6. The summed E-state index contributed by atoms with van der Waals surface area (Å²) in [5.41, 5.74) is 2.15. The van der Waals surface area contributed by atoms with Crippen molar-refractivity contribution in [3.8, 4) is 0 Å². The Morgan fingerprint density at radius 2 is 2.15 bits per heavy atom. The maximum atomic E-state index is 12.3. The van der Waals surface area contributed by atoms with Gasteiger partial charge in [-0.15, -0.1) is 0 Å². The van der Waals surface area contributed by atoms with E-state index in [-0.39, 0.29) is 12.1 Å². The van der Waals surface area contributed by atoms with Crippen LogP contribution in [0.1, 0.15) is 37.4 Å². The molecule has 2 N–H and O–H groups in total. The van der Waals surface area contributed by atoms with Crippen molar-refractivity contribution in [2.24, 2.45) is 0 Å². The number of aryl methyl sites for hydroxylation is 2. The van der Waals surface area contributed by atoms with Gasteiger partial charge in [0.05, 0.1) is 5.69 Å². The molecule has 1 fully saturated rings. The van der Waals surface area contributed by atoms with E-state index >= 15 is 0 Å². The number of hydrogen-bond acceptors (Lipinski definition) is 4. The molecule has 2 amide bonds. The highest BCUT2D eigenvalue weighted by Crippen LogP contribution is 2.15. The summed E-state index contributed by atoms with van der Waals surface area (Å²) in [4.78, 5) is 18.9. The highest BCUT2D eigenvalue weighted by Gasteiger charge is 2.21. The zero-order chi connectivity index (χ0) is 18.4. The molecule has 1 aliphatic rings. The SMILES string of the molecule is CCCn1nc(C)cc1NC(=O)NC1CCN(Cc2cccnc2)CC1. The molecule has 2 aromatic rings. The van der Waals surface area contributed by atoms with Crippen LogP contribution in [0.2, 0.25) is 0 Å². The van der Waals surface area contributed by atoms with Crippen LogP contribution in [-0.2, 0) is 13.1 Å². The minimum absolute atomic E-state index is 0.145. The molecule has 0 aromatic carbocycles. The molecule has 7 heteroatoms. The number of piperidine rings is 1. The molecule has 0 aliphatic carbocycles. The van der Waals surface area contributed by atoms with Crippen LogP contribution >= 0.6 is 0 Å². The minimum Gasteiger partial charge on any atom is -0.335 e. The largest absolute Gasteiger partial charge is 0.335 e. The Morgan fingerprint density at radius 1 is 1.35 bits per heavy atom. The van der Waals surface area contributed by atoms with Crippen molar-refractivity contribution >= 4 is 11.8 Å². The molecule has 0 bridgehead atoms. The summed E-state index contributed by atoms with van der Waals surface area (Å²) >= 11 is 0. The van der Waals surface area contributed by atoms with Crippen LogP contribution in [0.25, 0.3) is 0 Å². The van der Waals surface area contributed by atoms with Crippen LogP contribution in [0.3, 0.4) is 0 Å². The molecule has 3 heterocycles. The molecule has 3 rings (SSSR count). The Morgan fingerprint density at radius 3 is 2.85 bits per heavy atom. The van der Waals surface area contributed by atoms with E-state index in [2.05, 4.69) is 38.6 Å². The van der Waals surface area contributed by atoms with Crippen LogP contribution in [0, 0.1) is 6.92 Å². The molecular weight excluding hydrogens is 328 g/mol. The lowest BCUT2D eigenvalue weighted by Crippen LogP contribution is -2.45. The summed E-state index contributed by atoms with van der Waals surface area (Å²) in [5.74, 6) is 0.760. The van der Waals surface area contributed by atoms with Gasteiger partial charge in [0.2, 0.25) is 0 Å². The summed E-state index contributed by atoms with van der Waals surface area (Å²) in [6.07, 6.45) is 6.61. The number of pyridine rings is 1. The predicted molar refractivity (Wildman–Crippen MR) is 102 cm³/mol. The Labute approximate surface area is 154 Å². The van der Waals surface area contributed by atoms with Crippen molar-refractivity contribution in [1.82, 2.24) is 25.0 Å². The number of urea groups is 1. The monoisotopic (exact) mass is 356 g/mol. The van der Waals surface area contributed by atoms with Gasteiger partial charge in [-0.3, -0.25) is 15.2 Å². The van der Waals surface area contributed by atoms with Gasteiger partial charge in [-0.05, 0) is 37.8 Å². The van der Waals surface area contributed by atoms with Gasteiger partial charge in [0.1, 0.15) is 5.82 Å². The van der Waals surface area contributed by atoms with Crippen LogP contribution in [-0.4, -0.2) is 44.8 Å². The van der Waals surface area contributed by atoms with Gasteiger partial charge >= 0.3 is 6.03 Å². The van der Waals surface area contributed by atoms with Crippen molar-refractivity contribution in [3.05, 3.63) is 41.9 Å². The third-order valence-electron chi connectivity index (χ3n) is 4.63. The number of carbonyl (C=O) groups excluding carboxylic acids is 1. The minimum atomic E-state index is -0.145. The van der Waals surface area contributed by atoms with Crippen molar-refractivity contribution in [2.75, 3.05) is 18.4 Å². The number of aromatic nitrogens is 3. The molecular formula is C19H28N6O. The fourth-order valence-corrected chi connectivity index (χ4v) is 3.35. The lowest BCUT2D eigenvalue weighted by Gasteiger charge is -2.32. The van der Waals surface area contributed by atoms with Gasteiger partial charge in [0.15, 0.2) is 0 Å². The van der Waals surface area contributed by atoms with Gasteiger partial charge < -0.3 is 5.32 Å². The van der Waals surface area contributed by atoms with E-state index in [1.165, 1.54) is 5.56 Å². The van der Waals surface area contributed by atoms with Crippen molar-refractivity contribution < 1.29 is 4.79 Å². The van der Waals surface area contributed by atoms with E-state index in [0.717, 1.165) is 57.0 Å².